The van der Waals surface area contributed by atoms with Crippen LogP contribution in [0.15, 0.2) is 6.07 Å². The van der Waals surface area contributed by atoms with Gasteiger partial charge in [-0.25, -0.2) is 4.79 Å². The average Bonchev–Trinajstić information content (AvgIpc) is 2.53. The van der Waals surface area contributed by atoms with Gasteiger partial charge in [-0.15, -0.1) is 11.3 Å². The normalized spacial score (nSPS) is 12.5. The Morgan fingerprint density at radius 1 is 1.35 bits per heavy atom. The zero-order valence-electron chi connectivity index (χ0n) is 10.4. The van der Waals surface area contributed by atoms with Gasteiger partial charge < -0.3 is 10.4 Å². The zero-order valence-corrected chi connectivity index (χ0v) is 11.2. The minimum absolute atomic E-state index is 0.142. The lowest BCUT2D eigenvalue weighted by molar-refractivity contribution is -0.140. The predicted molar refractivity (Wildman–Crippen MR) is 67.5 cm³/mol. The van der Waals surface area contributed by atoms with Gasteiger partial charge in [0.15, 0.2) is 0 Å². The Balaban J connectivity index is 2.85. The topological polar surface area (TPSA) is 66.4 Å². The number of carbonyl (C=O) groups excluding carboxylic acids is 1. The largest absolute Gasteiger partial charge is 0.480 e. The number of carboxylic acid groups (broad SMARTS) is 1. The molecule has 1 rings (SSSR count). The van der Waals surface area contributed by atoms with Gasteiger partial charge in [-0.05, 0) is 25.8 Å². The third-order valence-electron chi connectivity index (χ3n) is 2.50. The summed E-state index contributed by atoms with van der Waals surface area (Å²) < 4.78 is 0. The Kier molecular flexibility index (Phi) is 4.28. The maximum Gasteiger partial charge on any atom is 0.326 e. The fourth-order valence-electron chi connectivity index (χ4n) is 1.59. The number of hydrogen-bond acceptors (Lipinski definition) is 3. The number of aliphatic carboxylic acids is 1. The van der Waals surface area contributed by atoms with Crippen LogP contribution < -0.4 is 5.32 Å². The van der Waals surface area contributed by atoms with Crippen molar-refractivity contribution in [3.63, 3.8) is 0 Å². The molecular formula is C12H17NO3S. The van der Waals surface area contributed by atoms with Crippen LogP contribution in [-0.2, 0) is 4.79 Å². The van der Waals surface area contributed by atoms with Crippen LogP contribution in [0.1, 0.15) is 34.0 Å². The summed E-state index contributed by atoms with van der Waals surface area (Å²) in [6.45, 7) is 7.32. The smallest absolute Gasteiger partial charge is 0.326 e. The summed E-state index contributed by atoms with van der Waals surface area (Å²) in [6, 6.07) is 0.941. The predicted octanol–water partition coefficient (Wildman–Crippen LogP) is 2.20. The molecule has 94 valence electrons. The minimum atomic E-state index is -1.00. The number of thiophene rings is 1. The number of carbonyl (C=O) groups is 2. The lowest BCUT2D eigenvalue weighted by atomic mass is 10.0. The number of hydrogen-bond donors (Lipinski definition) is 2. The Bertz CT molecular complexity index is 437. The molecule has 1 atom stereocenters. The molecule has 5 heteroatoms. The van der Waals surface area contributed by atoms with E-state index in [1.807, 2.05) is 13.8 Å². The van der Waals surface area contributed by atoms with Gasteiger partial charge in [-0.3, -0.25) is 4.79 Å². The van der Waals surface area contributed by atoms with Gasteiger partial charge in [0.2, 0.25) is 0 Å². The van der Waals surface area contributed by atoms with Crippen LogP contribution >= 0.6 is 11.3 Å². The summed E-state index contributed by atoms with van der Waals surface area (Å²) in [6.07, 6.45) is 0. The van der Waals surface area contributed by atoms with Gasteiger partial charge in [-0.1, -0.05) is 13.8 Å². The molecule has 1 amide bonds. The number of rotatable bonds is 4. The molecule has 0 aromatic carbocycles. The molecule has 0 unspecified atom stereocenters. The first-order chi connectivity index (χ1) is 7.82. The monoisotopic (exact) mass is 255 g/mol. The molecule has 0 aliphatic carbocycles. The first kappa shape index (κ1) is 13.7. The van der Waals surface area contributed by atoms with E-state index in [1.165, 1.54) is 11.3 Å². The number of nitrogens with one attached hydrogen (secondary N) is 1. The quantitative estimate of drug-likeness (QED) is 0.866. The third-order valence-corrected chi connectivity index (χ3v) is 3.47. The Morgan fingerprint density at radius 2 is 1.94 bits per heavy atom. The van der Waals surface area contributed by atoms with E-state index in [-0.39, 0.29) is 11.8 Å². The van der Waals surface area contributed by atoms with Gasteiger partial charge >= 0.3 is 5.97 Å². The SMILES string of the molecule is Cc1cc(C(=O)N[C@H](C(=O)O)C(C)C)c(C)s1. The molecule has 2 N–H and O–H groups in total. The molecule has 0 saturated heterocycles. The summed E-state index contributed by atoms with van der Waals surface area (Å²) in [5, 5.41) is 11.6. The molecule has 1 aromatic rings. The second kappa shape index (κ2) is 5.31. The van der Waals surface area contributed by atoms with Crippen molar-refractivity contribution in [1.29, 1.82) is 0 Å². The number of carboxylic acids is 1. The molecule has 0 saturated carbocycles. The van der Waals surface area contributed by atoms with E-state index in [1.54, 1.807) is 19.9 Å². The van der Waals surface area contributed by atoms with E-state index < -0.39 is 12.0 Å². The van der Waals surface area contributed by atoms with E-state index in [4.69, 9.17) is 5.11 Å². The average molecular weight is 255 g/mol. The molecule has 0 aliphatic heterocycles. The zero-order chi connectivity index (χ0) is 13.2. The summed E-state index contributed by atoms with van der Waals surface area (Å²) in [4.78, 5) is 24.9. The second-order valence-corrected chi connectivity index (χ2v) is 5.82. The Morgan fingerprint density at radius 3 is 2.29 bits per heavy atom. The third kappa shape index (κ3) is 3.30. The van der Waals surface area contributed by atoms with Gasteiger partial charge in [0.1, 0.15) is 6.04 Å². The van der Waals surface area contributed by atoms with Crippen molar-refractivity contribution in [2.75, 3.05) is 0 Å². The van der Waals surface area contributed by atoms with Crippen molar-refractivity contribution in [1.82, 2.24) is 5.32 Å². The Labute approximate surface area is 105 Å². The summed E-state index contributed by atoms with van der Waals surface area (Å²) >= 11 is 1.53. The highest BCUT2D eigenvalue weighted by molar-refractivity contribution is 7.12. The van der Waals surface area contributed by atoms with Crippen LogP contribution in [0.3, 0.4) is 0 Å². The fourth-order valence-corrected chi connectivity index (χ4v) is 2.51. The van der Waals surface area contributed by atoms with E-state index in [0.29, 0.717) is 5.56 Å². The van der Waals surface area contributed by atoms with Crippen LogP contribution in [0.2, 0.25) is 0 Å². The standard InChI is InChI=1S/C12H17NO3S/c1-6(2)10(12(15)16)13-11(14)9-5-7(3)17-8(9)4/h5-6,10H,1-4H3,(H,13,14)(H,15,16)/t10-/m0/s1. The molecular weight excluding hydrogens is 238 g/mol. The van der Waals surface area contributed by atoms with E-state index in [0.717, 1.165) is 9.75 Å². The summed E-state index contributed by atoms with van der Waals surface area (Å²) in [5.74, 6) is -1.46. The van der Waals surface area contributed by atoms with E-state index in [9.17, 15) is 9.59 Å². The van der Waals surface area contributed by atoms with Crippen LogP contribution in [0.25, 0.3) is 0 Å². The fraction of sp³-hybridized carbons (Fsp3) is 0.500. The van der Waals surface area contributed by atoms with Crippen molar-refractivity contribution >= 4 is 23.2 Å². The minimum Gasteiger partial charge on any atom is -0.480 e. The number of aryl methyl sites for hydroxylation is 2. The van der Waals surface area contributed by atoms with Gasteiger partial charge in [0.25, 0.3) is 5.91 Å². The maximum absolute atomic E-state index is 11.9. The van der Waals surface area contributed by atoms with Crippen molar-refractivity contribution < 1.29 is 14.7 Å². The second-order valence-electron chi connectivity index (χ2n) is 4.36. The first-order valence-corrected chi connectivity index (χ1v) is 6.25. The molecule has 4 nitrogen and oxygen atoms in total. The molecule has 17 heavy (non-hydrogen) atoms. The first-order valence-electron chi connectivity index (χ1n) is 5.43. The molecule has 1 aromatic heterocycles. The molecule has 1 heterocycles. The van der Waals surface area contributed by atoms with E-state index >= 15 is 0 Å². The van der Waals surface area contributed by atoms with Gasteiger partial charge in [0.05, 0.1) is 5.56 Å². The lowest BCUT2D eigenvalue weighted by Gasteiger charge is -2.17. The van der Waals surface area contributed by atoms with Crippen LogP contribution in [0.4, 0.5) is 0 Å². The number of amides is 1. The van der Waals surface area contributed by atoms with Gasteiger partial charge in [-0.2, -0.15) is 0 Å². The van der Waals surface area contributed by atoms with Crippen LogP contribution in [0.5, 0.6) is 0 Å². The summed E-state index contributed by atoms with van der Waals surface area (Å²) in [7, 11) is 0. The van der Waals surface area contributed by atoms with Crippen LogP contribution in [-0.4, -0.2) is 23.0 Å². The highest BCUT2D eigenvalue weighted by atomic mass is 32.1. The molecule has 0 radical (unpaired) electrons. The molecule has 0 bridgehead atoms. The summed E-state index contributed by atoms with van der Waals surface area (Å²) in [5.41, 5.74) is 0.569. The van der Waals surface area contributed by atoms with Crippen molar-refractivity contribution in [2.45, 2.75) is 33.7 Å². The Hall–Kier alpha value is -1.36. The highest BCUT2D eigenvalue weighted by Crippen LogP contribution is 2.20. The highest BCUT2D eigenvalue weighted by Gasteiger charge is 2.24. The van der Waals surface area contributed by atoms with Gasteiger partial charge in [0, 0.05) is 9.75 Å². The lowest BCUT2D eigenvalue weighted by Crippen LogP contribution is -2.44. The van der Waals surface area contributed by atoms with Crippen molar-refractivity contribution in [3.05, 3.63) is 21.4 Å². The van der Waals surface area contributed by atoms with Crippen LogP contribution in [0, 0.1) is 19.8 Å². The van der Waals surface area contributed by atoms with Crippen molar-refractivity contribution in [3.8, 4) is 0 Å². The molecule has 0 aliphatic rings. The van der Waals surface area contributed by atoms with E-state index in [2.05, 4.69) is 5.32 Å². The molecule has 0 fully saturated rings. The maximum atomic E-state index is 11.9. The molecule has 0 spiro atoms. The van der Waals surface area contributed by atoms with Crippen molar-refractivity contribution in [2.24, 2.45) is 5.92 Å².